The number of carbonyl (C=O) groups excluding carboxylic acids is 2. The van der Waals surface area contributed by atoms with E-state index < -0.39 is 0 Å². The fourth-order valence-corrected chi connectivity index (χ4v) is 2.53. The van der Waals surface area contributed by atoms with Crippen molar-refractivity contribution in [3.8, 4) is 5.75 Å². The maximum absolute atomic E-state index is 12.3. The van der Waals surface area contributed by atoms with E-state index in [0.717, 1.165) is 6.42 Å². The monoisotopic (exact) mass is 385 g/mol. The van der Waals surface area contributed by atoms with Crippen LogP contribution in [0.5, 0.6) is 5.75 Å². The van der Waals surface area contributed by atoms with E-state index in [-0.39, 0.29) is 16.9 Å². The van der Waals surface area contributed by atoms with Gasteiger partial charge in [0.05, 0.1) is 6.61 Å². The van der Waals surface area contributed by atoms with Crippen molar-refractivity contribution in [1.82, 2.24) is 5.32 Å². The molecule has 2 amide bonds. The summed E-state index contributed by atoms with van der Waals surface area (Å²) >= 11 is 5.19. The van der Waals surface area contributed by atoms with Crippen molar-refractivity contribution >= 4 is 40.5 Å². The van der Waals surface area contributed by atoms with Gasteiger partial charge in [-0.1, -0.05) is 13.0 Å². The number of amides is 2. The highest BCUT2D eigenvalue weighted by Crippen LogP contribution is 2.15. The summed E-state index contributed by atoms with van der Waals surface area (Å²) in [4.78, 5) is 23.9. The lowest BCUT2D eigenvalue weighted by atomic mass is 10.2. The van der Waals surface area contributed by atoms with Crippen molar-refractivity contribution in [2.45, 2.75) is 26.7 Å². The van der Waals surface area contributed by atoms with Gasteiger partial charge in [-0.25, -0.2) is 0 Å². The first-order valence-corrected chi connectivity index (χ1v) is 9.17. The van der Waals surface area contributed by atoms with Crippen LogP contribution >= 0.6 is 12.2 Å². The van der Waals surface area contributed by atoms with Crippen LogP contribution in [-0.2, 0) is 4.79 Å². The molecular formula is C20H23N3O3S. The molecule has 3 N–H and O–H groups in total. The Kier molecular flexibility index (Phi) is 7.76. The lowest BCUT2D eigenvalue weighted by Gasteiger charge is -2.11. The van der Waals surface area contributed by atoms with Crippen LogP contribution in [0.2, 0.25) is 0 Å². The average Bonchev–Trinajstić information content (AvgIpc) is 2.64. The van der Waals surface area contributed by atoms with E-state index in [9.17, 15) is 9.59 Å². The van der Waals surface area contributed by atoms with Crippen molar-refractivity contribution in [1.29, 1.82) is 0 Å². The van der Waals surface area contributed by atoms with Crippen LogP contribution in [0, 0.1) is 0 Å². The summed E-state index contributed by atoms with van der Waals surface area (Å²) in [5.74, 6) is 0.289. The van der Waals surface area contributed by atoms with Crippen LogP contribution in [-0.4, -0.2) is 23.5 Å². The van der Waals surface area contributed by atoms with E-state index in [1.165, 1.54) is 0 Å². The Hall–Kier alpha value is -2.93. The molecule has 0 unspecified atom stereocenters. The van der Waals surface area contributed by atoms with Crippen molar-refractivity contribution < 1.29 is 14.3 Å². The number of ether oxygens (including phenoxy) is 1. The number of benzene rings is 2. The second-order valence-electron chi connectivity index (χ2n) is 5.74. The molecular weight excluding hydrogens is 362 g/mol. The number of anilines is 2. The molecule has 142 valence electrons. The molecule has 2 aromatic carbocycles. The molecule has 2 aromatic rings. The Morgan fingerprint density at radius 2 is 1.67 bits per heavy atom. The summed E-state index contributed by atoms with van der Waals surface area (Å²) in [5.41, 5.74) is 1.87. The van der Waals surface area contributed by atoms with Crippen molar-refractivity contribution in [2.75, 3.05) is 17.2 Å². The van der Waals surface area contributed by atoms with Crippen LogP contribution in [0.1, 0.15) is 37.0 Å². The third-order valence-electron chi connectivity index (χ3n) is 3.54. The first kappa shape index (κ1) is 20.4. The van der Waals surface area contributed by atoms with Crippen LogP contribution < -0.4 is 20.7 Å². The molecule has 0 atom stereocenters. The Balaban J connectivity index is 1.90. The topological polar surface area (TPSA) is 79.5 Å². The molecule has 27 heavy (non-hydrogen) atoms. The summed E-state index contributed by atoms with van der Waals surface area (Å²) in [6.45, 7) is 4.36. The van der Waals surface area contributed by atoms with Crippen molar-refractivity contribution in [3.05, 3.63) is 54.1 Å². The normalized spacial score (nSPS) is 10.0. The summed E-state index contributed by atoms with van der Waals surface area (Å²) in [7, 11) is 0. The minimum Gasteiger partial charge on any atom is -0.494 e. The second kappa shape index (κ2) is 10.3. The summed E-state index contributed by atoms with van der Waals surface area (Å²) in [6.07, 6.45) is 1.29. The van der Waals surface area contributed by atoms with Gasteiger partial charge in [0.15, 0.2) is 5.11 Å². The summed E-state index contributed by atoms with van der Waals surface area (Å²) < 4.78 is 5.39. The van der Waals surface area contributed by atoms with E-state index in [4.69, 9.17) is 17.0 Å². The number of carbonyl (C=O) groups is 2. The smallest absolute Gasteiger partial charge is 0.257 e. The number of hydrogen-bond donors (Lipinski definition) is 3. The van der Waals surface area contributed by atoms with Gasteiger partial charge in [-0.2, -0.15) is 0 Å². The number of nitrogens with one attached hydrogen (secondary N) is 3. The molecule has 0 saturated heterocycles. The van der Waals surface area contributed by atoms with Crippen LogP contribution in [0.15, 0.2) is 48.5 Å². The van der Waals surface area contributed by atoms with Crippen LogP contribution in [0.25, 0.3) is 0 Å². The first-order valence-electron chi connectivity index (χ1n) is 8.77. The molecule has 6 nitrogen and oxygen atoms in total. The van der Waals surface area contributed by atoms with E-state index in [1.807, 2.05) is 13.8 Å². The van der Waals surface area contributed by atoms with Gasteiger partial charge in [-0.15, -0.1) is 0 Å². The zero-order valence-electron chi connectivity index (χ0n) is 15.4. The molecule has 7 heteroatoms. The Bertz CT molecular complexity index is 806. The van der Waals surface area contributed by atoms with E-state index in [2.05, 4.69) is 16.0 Å². The third kappa shape index (κ3) is 6.71. The first-order chi connectivity index (χ1) is 13.0. The number of thiocarbonyl (C=S) groups is 1. The Labute approximate surface area is 164 Å². The highest BCUT2D eigenvalue weighted by molar-refractivity contribution is 7.80. The van der Waals surface area contributed by atoms with Gasteiger partial charge in [0.2, 0.25) is 5.91 Å². The fraction of sp³-hybridized carbons (Fsp3) is 0.250. The van der Waals surface area contributed by atoms with Gasteiger partial charge in [-0.05, 0) is 68.0 Å². The van der Waals surface area contributed by atoms with E-state index in [1.54, 1.807) is 48.5 Å². The van der Waals surface area contributed by atoms with Gasteiger partial charge < -0.3 is 15.4 Å². The van der Waals surface area contributed by atoms with Crippen LogP contribution in [0.3, 0.4) is 0 Å². The second-order valence-corrected chi connectivity index (χ2v) is 6.15. The largest absolute Gasteiger partial charge is 0.494 e. The lowest BCUT2D eigenvalue weighted by molar-refractivity contribution is -0.116. The minimum absolute atomic E-state index is 0.0183. The predicted molar refractivity (Wildman–Crippen MR) is 111 cm³/mol. The molecule has 0 aromatic heterocycles. The zero-order valence-corrected chi connectivity index (χ0v) is 16.2. The number of hydrogen-bond acceptors (Lipinski definition) is 4. The van der Waals surface area contributed by atoms with Crippen LogP contribution in [0.4, 0.5) is 11.4 Å². The molecule has 0 heterocycles. The Morgan fingerprint density at radius 3 is 2.30 bits per heavy atom. The van der Waals surface area contributed by atoms with Gasteiger partial charge in [0, 0.05) is 23.4 Å². The maximum atomic E-state index is 12.3. The minimum atomic E-state index is -0.322. The molecule has 0 aliphatic heterocycles. The maximum Gasteiger partial charge on any atom is 0.257 e. The lowest BCUT2D eigenvalue weighted by Crippen LogP contribution is -2.34. The average molecular weight is 385 g/mol. The fourth-order valence-electron chi connectivity index (χ4n) is 2.32. The molecule has 0 fully saturated rings. The third-order valence-corrected chi connectivity index (χ3v) is 3.74. The molecule has 0 bridgehead atoms. The molecule has 0 aliphatic carbocycles. The molecule has 2 rings (SSSR count). The quantitative estimate of drug-likeness (QED) is 0.629. The van der Waals surface area contributed by atoms with E-state index in [0.29, 0.717) is 35.7 Å². The van der Waals surface area contributed by atoms with Gasteiger partial charge in [0.1, 0.15) is 5.75 Å². The van der Waals surface area contributed by atoms with Gasteiger partial charge in [0.25, 0.3) is 5.91 Å². The standard InChI is InChI=1S/C20H23N3O3S/c1-3-6-18(24)21-15-9-11-16(12-10-15)22-20(27)23-19(25)14-7-5-8-17(13-14)26-4-2/h5,7-13H,3-4,6H2,1-2H3,(H,21,24)(H2,22,23,25,27). The summed E-state index contributed by atoms with van der Waals surface area (Å²) in [6, 6.07) is 14.0. The Morgan fingerprint density at radius 1 is 1.00 bits per heavy atom. The summed E-state index contributed by atoms with van der Waals surface area (Å²) in [5, 5.41) is 8.57. The number of rotatable bonds is 7. The van der Waals surface area contributed by atoms with Crippen molar-refractivity contribution in [2.24, 2.45) is 0 Å². The van der Waals surface area contributed by atoms with Gasteiger partial charge >= 0.3 is 0 Å². The zero-order chi connectivity index (χ0) is 19.6. The highest BCUT2D eigenvalue weighted by atomic mass is 32.1. The highest BCUT2D eigenvalue weighted by Gasteiger charge is 2.09. The molecule has 0 saturated carbocycles. The van der Waals surface area contributed by atoms with Gasteiger partial charge in [-0.3, -0.25) is 14.9 Å². The van der Waals surface area contributed by atoms with E-state index >= 15 is 0 Å². The molecule has 0 spiro atoms. The van der Waals surface area contributed by atoms with Crippen molar-refractivity contribution in [3.63, 3.8) is 0 Å². The predicted octanol–water partition coefficient (Wildman–Crippen LogP) is 3.95. The SMILES string of the molecule is CCCC(=O)Nc1ccc(NC(=S)NC(=O)c2cccc(OCC)c2)cc1. The molecule has 0 aliphatic rings. The molecule has 0 radical (unpaired) electrons.